The van der Waals surface area contributed by atoms with Crippen molar-refractivity contribution in [1.29, 1.82) is 0 Å². The van der Waals surface area contributed by atoms with Crippen LogP contribution in [0.2, 0.25) is 0 Å². The quantitative estimate of drug-likeness (QED) is 0.727. The van der Waals surface area contributed by atoms with Crippen LogP contribution in [0.25, 0.3) is 0 Å². The number of alkyl halides is 3. The number of halogens is 3. The van der Waals surface area contributed by atoms with Crippen molar-refractivity contribution in [3.8, 4) is 0 Å². The van der Waals surface area contributed by atoms with Gasteiger partial charge >= 0.3 is 6.18 Å². The van der Waals surface area contributed by atoms with Crippen LogP contribution in [0.3, 0.4) is 0 Å². The Morgan fingerprint density at radius 1 is 1.45 bits per heavy atom. The van der Waals surface area contributed by atoms with Crippen molar-refractivity contribution >= 4 is 11.8 Å². The first-order valence-electron chi connectivity index (χ1n) is 3.30. The minimum absolute atomic E-state index is 0.169. The van der Waals surface area contributed by atoms with E-state index in [0.29, 0.717) is 12.3 Å². The van der Waals surface area contributed by atoms with Gasteiger partial charge in [0.15, 0.2) is 0 Å². The van der Waals surface area contributed by atoms with E-state index in [-0.39, 0.29) is 5.92 Å². The highest BCUT2D eigenvalue weighted by atomic mass is 32.2. The molecule has 0 radical (unpaired) electrons. The van der Waals surface area contributed by atoms with Gasteiger partial charge in [-0.15, -0.1) is 0 Å². The van der Waals surface area contributed by atoms with Gasteiger partial charge in [0.25, 0.3) is 0 Å². The molecule has 0 aliphatic rings. The van der Waals surface area contributed by atoms with Crippen molar-refractivity contribution < 1.29 is 13.2 Å². The molecule has 0 rings (SSSR count). The van der Waals surface area contributed by atoms with Gasteiger partial charge in [0.2, 0.25) is 0 Å². The van der Waals surface area contributed by atoms with E-state index >= 15 is 0 Å². The molecule has 5 heteroatoms. The molecule has 0 amide bonds. The Morgan fingerprint density at radius 3 is 2.36 bits per heavy atom. The zero-order valence-electron chi connectivity index (χ0n) is 6.32. The summed E-state index contributed by atoms with van der Waals surface area (Å²) in [6.45, 7) is 2.29. The predicted octanol–water partition coefficient (Wildman–Crippen LogP) is 1.88. The highest BCUT2D eigenvalue weighted by molar-refractivity contribution is 7.99. The van der Waals surface area contributed by atoms with Crippen LogP contribution in [-0.2, 0) is 0 Å². The summed E-state index contributed by atoms with van der Waals surface area (Å²) >= 11 is 0.888. The summed E-state index contributed by atoms with van der Waals surface area (Å²) in [5, 5.41) is 0. The van der Waals surface area contributed by atoms with Gasteiger partial charge in [0.1, 0.15) is 0 Å². The molecular formula is C6H12F3NS. The second-order valence-electron chi connectivity index (χ2n) is 2.47. The molecule has 0 aromatic rings. The molecule has 1 nitrogen and oxygen atoms in total. The fourth-order valence-electron chi connectivity index (χ4n) is 0.444. The first kappa shape index (κ1) is 11.1. The summed E-state index contributed by atoms with van der Waals surface area (Å²) in [6, 6.07) is 0. The Balaban J connectivity index is 3.28. The van der Waals surface area contributed by atoms with Crippen LogP contribution < -0.4 is 5.73 Å². The Bertz CT molecular complexity index is 104. The third-order valence-corrected chi connectivity index (χ3v) is 2.41. The fourth-order valence-corrected chi connectivity index (χ4v) is 1.33. The van der Waals surface area contributed by atoms with Crippen LogP contribution >= 0.6 is 11.8 Å². The lowest BCUT2D eigenvalue weighted by molar-refractivity contribution is -0.105. The van der Waals surface area contributed by atoms with Gasteiger partial charge in [-0.1, -0.05) is 6.92 Å². The van der Waals surface area contributed by atoms with Gasteiger partial charge < -0.3 is 5.73 Å². The van der Waals surface area contributed by atoms with E-state index in [1.807, 2.05) is 6.92 Å². The summed E-state index contributed by atoms with van der Waals surface area (Å²) in [4.78, 5) is 0. The van der Waals surface area contributed by atoms with E-state index in [1.165, 1.54) is 0 Å². The molecule has 0 spiro atoms. The molecule has 68 valence electrons. The largest absolute Gasteiger partial charge is 0.397 e. The second kappa shape index (κ2) is 4.87. The van der Waals surface area contributed by atoms with Crippen molar-refractivity contribution in [2.45, 2.75) is 13.1 Å². The summed E-state index contributed by atoms with van der Waals surface area (Å²) in [6.07, 6.45) is -4.04. The average molecular weight is 187 g/mol. The molecular weight excluding hydrogens is 175 g/mol. The molecule has 0 fully saturated rings. The van der Waals surface area contributed by atoms with Gasteiger partial charge in [-0.2, -0.15) is 24.9 Å². The average Bonchev–Trinajstić information content (AvgIpc) is 1.85. The summed E-state index contributed by atoms with van der Waals surface area (Å²) < 4.78 is 34.7. The van der Waals surface area contributed by atoms with Crippen LogP contribution in [0, 0.1) is 5.92 Å². The molecule has 0 saturated carbocycles. The maximum atomic E-state index is 11.6. The zero-order valence-corrected chi connectivity index (χ0v) is 7.13. The van der Waals surface area contributed by atoms with Crippen molar-refractivity contribution in [2.75, 3.05) is 18.1 Å². The van der Waals surface area contributed by atoms with Crippen LogP contribution in [0.5, 0.6) is 0 Å². The Morgan fingerprint density at radius 2 is 2.00 bits per heavy atom. The second-order valence-corrected chi connectivity index (χ2v) is 3.50. The molecule has 0 aliphatic carbocycles. The first-order valence-corrected chi connectivity index (χ1v) is 4.45. The molecule has 0 heterocycles. The monoisotopic (exact) mass is 187 g/mol. The van der Waals surface area contributed by atoms with Crippen LogP contribution in [0.1, 0.15) is 6.92 Å². The van der Waals surface area contributed by atoms with Crippen LogP contribution in [0.15, 0.2) is 0 Å². The first-order chi connectivity index (χ1) is 4.95. The van der Waals surface area contributed by atoms with Crippen molar-refractivity contribution in [3.63, 3.8) is 0 Å². The smallest absolute Gasteiger partial charge is 0.330 e. The molecule has 2 N–H and O–H groups in total. The summed E-state index contributed by atoms with van der Waals surface area (Å²) in [5.74, 6) is -0.116. The number of hydrogen-bond acceptors (Lipinski definition) is 2. The number of thioether (sulfide) groups is 1. The molecule has 1 unspecified atom stereocenters. The molecule has 0 aromatic heterocycles. The van der Waals surface area contributed by atoms with E-state index in [4.69, 9.17) is 5.73 Å². The molecule has 0 aliphatic heterocycles. The predicted molar refractivity (Wildman–Crippen MR) is 41.6 cm³/mol. The molecule has 0 saturated heterocycles. The maximum absolute atomic E-state index is 11.6. The molecule has 11 heavy (non-hydrogen) atoms. The van der Waals surface area contributed by atoms with E-state index in [0.717, 1.165) is 11.8 Å². The molecule has 0 aromatic carbocycles. The lowest BCUT2D eigenvalue weighted by atomic mass is 10.2. The SMILES string of the molecule is CC(CN)CSCC(F)(F)F. The van der Waals surface area contributed by atoms with Crippen LogP contribution in [-0.4, -0.2) is 24.2 Å². The fraction of sp³-hybridized carbons (Fsp3) is 1.00. The van der Waals surface area contributed by atoms with Gasteiger partial charge in [0.05, 0.1) is 5.75 Å². The van der Waals surface area contributed by atoms with Gasteiger partial charge in [-0.25, -0.2) is 0 Å². The van der Waals surface area contributed by atoms with Crippen molar-refractivity contribution in [2.24, 2.45) is 11.7 Å². The highest BCUT2D eigenvalue weighted by Gasteiger charge is 2.26. The summed E-state index contributed by atoms with van der Waals surface area (Å²) in [5.41, 5.74) is 5.23. The number of nitrogens with two attached hydrogens (primary N) is 1. The summed E-state index contributed by atoms with van der Waals surface area (Å²) in [7, 11) is 0. The Hall–Kier alpha value is 0.100. The van der Waals surface area contributed by atoms with Crippen molar-refractivity contribution in [1.82, 2.24) is 0 Å². The molecule has 1 atom stereocenters. The lowest BCUT2D eigenvalue weighted by Gasteiger charge is -2.09. The zero-order chi connectivity index (χ0) is 8.91. The Kier molecular flexibility index (Phi) is 4.92. The minimum Gasteiger partial charge on any atom is -0.330 e. The van der Waals surface area contributed by atoms with E-state index in [1.54, 1.807) is 0 Å². The highest BCUT2D eigenvalue weighted by Crippen LogP contribution is 2.22. The van der Waals surface area contributed by atoms with E-state index in [2.05, 4.69) is 0 Å². The van der Waals surface area contributed by atoms with Gasteiger partial charge in [-0.05, 0) is 18.2 Å². The Labute approximate surface area is 68.5 Å². The lowest BCUT2D eigenvalue weighted by Crippen LogP contribution is -2.16. The van der Waals surface area contributed by atoms with Gasteiger partial charge in [-0.3, -0.25) is 0 Å². The maximum Gasteiger partial charge on any atom is 0.397 e. The van der Waals surface area contributed by atoms with Crippen LogP contribution in [0.4, 0.5) is 13.2 Å². The molecule has 0 bridgehead atoms. The normalized spacial score (nSPS) is 15.0. The van der Waals surface area contributed by atoms with Gasteiger partial charge in [0, 0.05) is 0 Å². The van der Waals surface area contributed by atoms with Crippen molar-refractivity contribution in [3.05, 3.63) is 0 Å². The van der Waals surface area contributed by atoms with E-state index < -0.39 is 11.9 Å². The third kappa shape index (κ3) is 8.00. The topological polar surface area (TPSA) is 26.0 Å². The standard InChI is InChI=1S/C6H12F3NS/c1-5(2-10)3-11-4-6(7,8)9/h5H,2-4,10H2,1H3. The van der Waals surface area contributed by atoms with E-state index in [9.17, 15) is 13.2 Å². The minimum atomic E-state index is -4.04. The third-order valence-electron chi connectivity index (χ3n) is 1.07. The number of hydrogen-bond donors (Lipinski definition) is 1. The number of rotatable bonds is 4.